The molecule has 21 heavy (non-hydrogen) atoms. The second-order valence-electron chi connectivity index (χ2n) is 3.95. The number of hydrogen-bond acceptors (Lipinski definition) is 8. The van der Waals surface area contributed by atoms with E-state index in [0.29, 0.717) is 22.6 Å². The number of thiazole rings is 1. The van der Waals surface area contributed by atoms with Crippen molar-refractivity contribution in [2.45, 2.75) is 6.42 Å². The van der Waals surface area contributed by atoms with Crippen molar-refractivity contribution >= 4 is 34.1 Å². The van der Waals surface area contributed by atoms with Crippen molar-refractivity contribution in [2.75, 3.05) is 10.6 Å². The van der Waals surface area contributed by atoms with E-state index in [4.69, 9.17) is 0 Å². The Morgan fingerprint density at radius 1 is 1.33 bits per heavy atom. The molecule has 0 radical (unpaired) electrons. The Labute approximate surface area is 123 Å². The quantitative estimate of drug-likeness (QED) is 0.740. The van der Waals surface area contributed by atoms with Crippen molar-refractivity contribution in [3.63, 3.8) is 0 Å². The van der Waals surface area contributed by atoms with Gasteiger partial charge in [-0.05, 0) is 6.07 Å². The van der Waals surface area contributed by atoms with Gasteiger partial charge in [0, 0.05) is 23.8 Å². The normalized spacial score (nSPS) is 10.3. The van der Waals surface area contributed by atoms with E-state index in [9.17, 15) is 4.79 Å². The maximum atomic E-state index is 11.8. The van der Waals surface area contributed by atoms with E-state index in [1.807, 2.05) is 0 Å². The molecular weight excluding hydrogens is 292 g/mol. The van der Waals surface area contributed by atoms with E-state index in [2.05, 4.69) is 35.3 Å². The van der Waals surface area contributed by atoms with Gasteiger partial charge in [-0.3, -0.25) is 4.79 Å². The standard InChI is InChI=1S/C12H10N6O2S/c19-10(16-9-2-5-20-18-9)6-8-7-21-12(15-8)17-11-13-3-1-4-14-11/h1-5,7H,6H2,(H,16,18,19)(H,13,14,15,17). The molecule has 0 aromatic carbocycles. The first kappa shape index (κ1) is 13.2. The van der Waals surface area contributed by atoms with Crippen LogP contribution in [0.5, 0.6) is 0 Å². The molecule has 0 spiro atoms. The van der Waals surface area contributed by atoms with Gasteiger partial charge in [0.15, 0.2) is 10.9 Å². The van der Waals surface area contributed by atoms with E-state index in [1.54, 1.807) is 29.9 Å². The number of aromatic nitrogens is 4. The van der Waals surface area contributed by atoms with Crippen molar-refractivity contribution in [1.82, 2.24) is 20.1 Å². The topological polar surface area (TPSA) is 106 Å². The van der Waals surface area contributed by atoms with Gasteiger partial charge in [0.25, 0.3) is 0 Å². The second kappa shape index (κ2) is 6.09. The van der Waals surface area contributed by atoms with Gasteiger partial charge in [-0.1, -0.05) is 5.16 Å². The highest BCUT2D eigenvalue weighted by atomic mass is 32.1. The highest BCUT2D eigenvalue weighted by Crippen LogP contribution is 2.18. The van der Waals surface area contributed by atoms with Gasteiger partial charge in [0.2, 0.25) is 11.9 Å². The first-order valence-corrected chi connectivity index (χ1v) is 6.86. The first-order valence-electron chi connectivity index (χ1n) is 5.98. The lowest BCUT2D eigenvalue weighted by Gasteiger charge is -1.99. The predicted molar refractivity (Wildman–Crippen MR) is 76.3 cm³/mol. The van der Waals surface area contributed by atoms with Crippen LogP contribution in [0.3, 0.4) is 0 Å². The fourth-order valence-electron chi connectivity index (χ4n) is 1.53. The largest absolute Gasteiger partial charge is 0.363 e. The Balaban J connectivity index is 1.59. The summed E-state index contributed by atoms with van der Waals surface area (Å²) in [5, 5.41) is 11.6. The number of hydrogen-bond donors (Lipinski definition) is 2. The van der Waals surface area contributed by atoms with E-state index in [-0.39, 0.29) is 12.3 Å². The lowest BCUT2D eigenvalue weighted by Crippen LogP contribution is -2.14. The molecule has 0 atom stereocenters. The van der Waals surface area contributed by atoms with Gasteiger partial charge in [-0.2, -0.15) is 0 Å². The average Bonchev–Trinajstić information content (AvgIpc) is 3.12. The number of nitrogens with zero attached hydrogens (tertiary/aromatic N) is 4. The third-order valence-corrected chi connectivity index (χ3v) is 3.19. The maximum Gasteiger partial charge on any atom is 0.231 e. The van der Waals surface area contributed by atoms with Gasteiger partial charge in [0.1, 0.15) is 6.26 Å². The molecule has 106 valence electrons. The third kappa shape index (κ3) is 3.60. The van der Waals surface area contributed by atoms with Crippen LogP contribution in [0.1, 0.15) is 5.69 Å². The average molecular weight is 302 g/mol. The zero-order chi connectivity index (χ0) is 14.5. The van der Waals surface area contributed by atoms with Gasteiger partial charge in [0.05, 0.1) is 12.1 Å². The van der Waals surface area contributed by atoms with Crippen molar-refractivity contribution in [1.29, 1.82) is 0 Å². The van der Waals surface area contributed by atoms with E-state index < -0.39 is 0 Å². The van der Waals surface area contributed by atoms with Crippen LogP contribution in [0.2, 0.25) is 0 Å². The Kier molecular flexibility index (Phi) is 3.83. The Morgan fingerprint density at radius 3 is 2.95 bits per heavy atom. The molecule has 9 heteroatoms. The van der Waals surface area contributed by atoms with E-state index >= 15 is 0 Å². The Hall–Kier alpha value is -2.81. The van der Waals surface area contributed by atoms with Crippen LogP contribution in [-0.2, 0) is 11.2 Å². The van der Waals surface area contributed by atoms with Crippen LogP contribution in [0.4, 0.5) is 16.9 Å². The molecule has 0 aliphatic heterocycles. The summed E-state index contributed by atoms with van der Waals surface area (Å²) in [5.41, 5.74) is 0.652. The third-order valence-electron chi connectivity index (χ3n) is 2.38. The number of carbonyl (C=O) groups is 1. The summed E-state index contributed by atoms with van der Waals surface area (Å²) in [6.45, 7) is 0. The van der Waals surface area contributed by atoms with Crippen LogP contribution < -0.4 is 10.6 Å². The zero-order valence-corrected chi connectivity index (χ0v) is 11.5. The smallest absolute Gasteiger partial charge is 0.231 e. The van der Waals surface area contributed by atoms with Crippen LogP contribution in [-0.4, -0.2) is 26.0 Å². The summed E-state index contributed by atoms with van der Waals surface area (Å²) < 4.78 is 4.63. The summed E-state index contributed by atoms with van der Waals surface area (Å²) in [6, 6.07) is 3.30. The minimum absolute atomic E-state index is 0.153. The Bertz CT molecular complexity index is 712. The van der Waals surface area contributed by atoms with Gasteiger partial charge < -0.3 is 15.2 Å². The molecule has 0 unspecified atom stereocenters. The summed E-state index contributed by atoms with van der Waals surface area (Å²) in [6.07, 6.45) is 4.81. The molecule has 0 saturated heterocycles. The van der Waals surface area contributed by atoms with E-state index in [1.165, 1.54) is 17.6 Å². The summed E-state index contributed by atoms with van der Waals surface area (Å²) >= 11 is 1.38. The van der Waals surface area contributed by atoms with Gasteiger partial charge in [-0.25, -0.2) is 15.0 Å². The first-order chi connectivity index (χ1) is 10.3. The molecule has 3 aromatic rings. The fraction of sp³-hybridized carbons (Fsp3) is 0.0833. The summed E-state index contributed by atoms with van der Waals surface area (Å²) in [4.78, 5) is 24.2. The molecule has 3 heterocycles. The Morgan fingerprint density at radius 2 is 2.19 bits per heavy atom. The fourth-order valence-corrected chi connectivity index (χ4v) is 2.24. The monoisotopic (exact) mass is 302 g/mol. The number of anilines is 3. The van der Waals surface area contributed by atoms with Crippen LogP contribution in [0, 0.1) is 0 Å². The minimum atomic E-state index is -0.211. The highest BCUT2D eigenvalue weighted by Gasteiger charge is 2.09. The number of nitrogens with one attached hydrogen (secondary N) is 2. The molecular formula is C12H10N6O2S. The summed E-state index contributed by atoms with van der Waals surface area (Å²) in [5.74, 6) is 0.633. The molecule has 8 nitrogen and oxygen atoms in total. The van der Waals surface area contributed by atoms with E-state index in [0.717, 1.165) is 0 Å². The summed E-state index contributed by atoms with van der Waals surface area (Å²) in [7, 11) is 0. The van der Waals surface area contributed by atoms with Crippen molar-refractivity contribution < 1.29 is 9.32 Å². The lowest BCUT2D eigenvalue weighted by molar-refractivity contribution is -0.115. The molecule has 0 aliphatic carbocycles. The predicted octanol–water partition coefficient (Wildman–Crippen LogP) is 1.85. The molecule has 0 aliphatic rings. The van der Waals surface area contributed by atoms with Crippen molar-refractivity contribution in [3.8, 4) is 0 Å². The molecule has 0 saturated carbocycles. The second-order valence-corrected chi connectivity index (χ2v) is 4.81. The van der Waals surface area contributed by atoms with Crippen LogP contribution in [0.15, 0.2) is 40.7 Å². The van der Waals surface area contributed by atoms with Gasteiger partial charge >= 0.3 is 0 Å². The lowest BCUT2D eigenvalue weighted by atomic mass is 10.3. The molecule has 3 rings (SSSR count). The molecule has 0 fully saturated rings. The van der Waals surface area contributed by atoms with Crippen LogP contribution >= 0.6 is 11.3 Å². The SMILES string of the molecule is O=C(Cc1csc(Nc2ncccn2)n1)Nc1ccon1. The number of rotatable bonds is 5. The molecule has 3 aromatic heterocycles. The maximum absolute atomic E-state index is 11.8. The van der Waals surface area contributed by atoms with Crippen molar-refractivity contribution in [3.05, 3.63) is 41.9 Å². The molecule has 2 N–H and O–H groups in total. The highest BCUT2D eigenvalue weighted by molar-refractivity contribution is 7.13. The van der Waals surface area contributed by atoms with Gasteiger partial charge in [-0.15, -0.1) is 11.3 Å². The number of amides is 1. The molecule has 0 bridgehead atoms. The van der Waals surface area contributed by atoms with Crippen LogP contribution in [0.25, 0.3) is 0 Å². The number of carbonyl (C=O) groups excluding carboxylic acids is 1. The molecule has 1 amide bonds. The zero-order valence-electron chi connectivity index (χ0n) is 10.7. The minimum Gasteiger partial charge on any atom is -0.363 e. The van der Waals surface area contributed by atoms with Crippen molar-refractivity contribution in [2.24, 2.45) is 0 Å².